The Labute approximate surface area is 188 Å². The van der Waals surface area contributed by atoms with E-state index in [-0.39, 0.29) is 5.91 Å². The van der Waals surface area contributed by atoms with Gasteiger partial charge in [0.2, 0.25) is 5.91 Å². The van der Waals surface area contributed by atoms with Gasteiger partial charge >= 0.3 is 0 Å². The van der Waals surface area contributed by atoms with Gasteiger partial charge in [0.15, 0.2) is 5.13 Å². The number of aromatic nitrogens is 2. The first-order chi connectivity index (χ1) is 14.5. The first-order valence-corrected chi connectivity index (χ1v) is 11.6. The highest BCUT2D eigenvalue weighted by molar-refractivity contribution is 8.00. The van der Waals surface area contributed by atoms with E-state index in [4.69, 9.17) is 16.6 Å². The smallest absolute Gasteiger partial charge is 0.239 e. The Morgan fingerprint density at radius 3 is 2.70 bits per heavy atom. The molecule has 2 aromatic carbocycles. The molecule has 30 heavy (non-hydrogen) atoms. The van der Waals surface area contributed by atoms with Gasteiger partial charge in [0.05, 0.1) is 22.5 Å². The molecule has 0 bridgehead atoms. The number of thiazole rings is 1. The molecule has 0 radical (unpaired) electrons. The summed E-state index contributed by atoms with van der Waals surface area (Å²) in [6, 6.07) is 15.6. The molecule has 152 valence electrons. The number of nitrogens with zero attached hydrogens (tertiary/aromatic N) is 3. The second kappa shape index (κ2) is 9.16. The lowest BCUT2D eigenvalue weighted by molar-refractivity contribution is -0.116. The number of amides is 1. The average Bonchev–Trinajstić information content (AvgIpc) is 3.16. The average molecular weight is 454 g/mol. The van der Waals surface area contributed by atoms with E-state index >= 15 is 0 Å². The lowest BCUT2D eigenvalue weighted by Crippen LogP contribution is -2.31. The van der Waals surface area contributed by atoms with Crippen molar-refractivity contribution in [2.24, 2.45) is 0 Å². The van der Waals surface area contributed by atoms with Gasteiger partial charge < -0.3 is 0 Å². The van der Waals surface area contributed by atoms with Crippen LogP contribution in [0.25, 0.3) is 10.2 Å². The van der Waals surface area contributed by atoms with Gasteiger partial charge in [-0.3, -0.25) is 14.7 Å². The van der Waals surface area contributed by atoms with Crippen LogP contribution in [-0.2, 0) is 11.3 Å². The molecule has 4 aromatic rings. The van der Waals surface area contributed by atoms with Gasteiger partial charge in [-0.05, 0) is 66.9 Å². The molecule has 0 unspecified atom stereocenters. The third-order valence-corrected chi connectivity index (χ3v) is 6.86. The van der Waals surface area contributed by atoms with E-state index in [1.807, 2.05) is 36.4 Å². The van der Waals surface area contributed by atoms with Gasteiger partial charge in [0.25, 0.3) is 0 Å². The van der Waals surface area contributed by atoms with E-state index in [2.05, 4.69) is 31.0 Å². The largest absolute Gasteiger partial charge is 0.283 e. The maximum atomic E-state index is 13.2. The lowest BCUT2D eigenvalue weighted by Gasteiger charge is -2.19. The SMILES string of the molecule is Cc1cc(C)c2nc(N(Cc3cccnc3)C(=O)CSc3ccc(Cl)cc3)sc2c1. The maximum absolute atomic E-state index is 13.2. The molecule has 0 aliphatic rings. The number of rotatable bonds is 6. The fourth-order valence-corrected chi connectivity index (χ4v) is 5.22. The Morgan fingerprint density at radius 1 is 1.17 bits per heavy atom. The van der Waals surface area contributed by atoms with Crippen molar-refractivity contribution in [3.8, 4) is 0 Å². The van der Waals surface area contributed by atoms with Crippen LogP contribution >= 0.6 is 34.7 Å². The number of anilines is 1. The van der Waals surface area contributed by atoms with Crippen LogP contribution in [0.4, 0.5) is 5.13 Å². The summed E-state index contributed by atoms with van der Waals surface area (Å²) >= 11 is 9.01. The highest BCUT2D eigenvalue weighted by Gasteiger charge is 2.21. The zero-order valence-corrected chi connectivity index (χ0v) is 19.0. The minimum Gasteiger partial charge on any atom is -0.283 e. The number of carbonyl (C=O) groups excluding carboxylic acids is 1. The molecule has 2 heterocycles. The van der Waals surface area contributed by atoms with E-state index in [0.29, 0.717) is 22.5 Å². The normalized spacial score (nSPS) is 11.0. The Kier molecular flexibility index (Phi) is 6.37. The van der Waals surface area contributed by atoms with Crippen molar-refractivity contribution in [3.05, 3.63) is 82.6 Å². The number of thioether (sulfide) groups is 1. The molecule has 7 heteroatoms. The first-order valence-electron chi connectivity index (χ1n) is 9.45. The molecule has 0 fully saturated rings. The minimum atomic E-state index is 0.00670. The summed E-state index contributed by atoms with van der Waals surface area (Å²) in [5, 5.41) is 1.40. The second-order valence-corrected chi connectivity index (χ2v) is 9.50. The minimum absolute atomic E-state index is 0.00670. The summed E-state index contributed by atoms with van der Waals surface area (Å²) in [5.74, 6) is 0.322. The van der Waals surface area contributed by atoms with Crippen molar-refractivity contribution >= 4 is 56.0 Å². The van der Waals surface area contributed by atoms with E-state index < -0.39 is 0 Å². The highest BCUT2D eigenvalue weighted by Crippen LogP contribution is 2.33. The van der Waals surface area contributed by atoms with E-state index in [1.165, 1.54) is 17.3 Å². The summed E-state index contributed by atoms with van der Waals surface area (Å²) in [5.41, 5.74) is 4.24. The fraction of sp³-hybridized carbons (Fsp3) is 0.174. The first kappa shape index (κ1) is 20.8. The Balaban J connectivity index is 1.63. The molecule has 0 N–H and O–H groups in total. The molecule has 0 aliphatic carbocycles. The van der Waals surface area contributed by atoms with Gasteiger partial charge in [-0.1, -0.05) is 35.1 Å². The van der Waals surface area contributed by atoms with Gasteiger partial charge in [0, 0.05) is 22.3 Å². The van der Waals surface area contributed by atoms with Crippen LogP contribution in [0.5, 0.6) is 0 Å². The molecule has 2 aromatic heterocycles. The predicted molar refractivity (Wildman–Crippen MR) is 127 cm³/mol. The standard InChI is InChI=1S/C23H20ClN3OS2/c1-15-10-16(2)22-20(11-15)30-23(26-22)27(13-17-4-3-9-25-12-17)21(28)14-29-19-7-5-18(24)6-8-19/h3-12H,13-14H2,1-2H3. The maximum Gasteiger partial charge on any atom is 0.239 e. The molecule has 0 saturated heterocycles. The number of hydrogen-bond donors (Lipinski definition) is 0. The van der Waals surface area contributed by atoms with Crippen LogP contribution in [0, 0.1) is 13.8 Å². The molecule has 4 rings (SSSR count). The predicted octanol–water partition coefficient (Wildman–Crippen LogP) is 6.29. The number of carbonyl (C=O) groups is 1. The summed E-state index contributed by atoms with van der Waals surface area (Å²) in [6.07, 6.45) is 3.52. The van der Waals surface area contributed by atoms with Crippen LogP contribution in [0.1, 0.15) is 16.7 Å². The van der Waals surface area contributed by atoms with Crippen molar-refractivity contribution in [1.29, 1.82) is 0 Å². The van der Waals surface area contributed by atoms with Crippen molar-refractivity contribution in [2.45, 2.75) is 25.3 Å². The zero-order valence-electron chi connectivity index (χ0n) is 16.6. The number of aryl methyl sites for hydroxylation is 2. The quantitative estimate of drug-likeness (QED) is 0.322. The van der Waals surface area contributed by atoms with Crippen LogP contribution in [-0.4, -0.2) is 21.6 Å². The number of pyridine rings is 1. The van der Waals surface area contributed by atoms with Crippen LogP contribution in [0.15, 0.2) is 65.8 Å². The van der Waals surface area contributed by atoms with Gasteiger partial charge in [-0.25, -0.2) is 4.98 Å². The number of fused-ring (bicyclic) bond motifs is 1. The molecule has 1 amide bonds. The summed E-state index contributed by atoms with van der Waals surface area (Å²) in [6.45, 7) is 4.57. The Morgan fingerprint density at radius 2 is 1.97 bits per heavy atom. The van der Waals surface area contributed by atoms with Crippen LogP contribution in [0.2, 0.25) is 5.02 Å². The zero-order chi connectivity index (χ0) is 21.1. The van der Waals surface area contributed by atoms with E-state index in [9.17, 15) is 4.79 Å². The lowest BCUT2D eigenvalue weighted by atomic mass is 10.1. The van der Waals surface area contributed by atoms with Crippen molar-refractivity contribution in [3.63, 3.8) is 0 Å². The Hall–Kier alpha value is -2.41. The number of benzene rings is 2. The summed E-state index contributed by atoms with van der Waals surface area (Å²) in [4.78, 5) is 25.0. The molecule has 0 spiro atoms. The van der Waals surface area contributed by atoms with Gasteiger partial charge in [-0.2, -0.15) is 0 Å². The van der Waals surface area contributed by atoms with Gasteiger partial charge in [0.1, 0.15) is 0 Å². The van der Waals surface area contributed by atoms with Crippen LogP contribution < -0.4 is 4.90 Å². The van der Waals surface area contributed by atoms with Crippen molar-refractivity contribution < 1.29 is 4.79 Å². The van der Waals surface area contributed by atoms with E-state index in [1.54, 1.807) is 28.6 Å². The molecule has 4 nitrogen and oxygen atoms in total. The number of halogens is 1. The van der Waals surface area contributed by atoms with E-state index in [0.717, 1.165) is 26.2 Å². The van der Waals surface area contributed by atoms with Crippen LogP contribution in [0.3, 0.4) is 0 Å². The molecule has 0 aliphatic heterocycles. The summed E-state index contributed by atoms with van der Waals surface area (Å²) in [7, 11) is 0. The summed E-state index contributed by atoms with van der Waals surface area (Å²) < 4.78 is 1.09. The molecular formula is C23H20ClN3OS2. The third kappa shape index (κ3) is 4.83. The fourth-order valence-electron chi connectivity index (χ4n) is 3.16. The molecule has 0 atom stereocenters. The monoisotopic (exact) mass is 453 g/mol. The number of hydrogen-bond acceptors (Lipinski definition) is 5. The Bertz CT molecular complexity index is 1180. The van der Waals surface area contributed by atoms with Gasteiger partial charge in [-0.15, -0.1) is 11.8 Å². The second-order valence-electron chi connectivity index (χ2n) is 7.01. The van der Waals surface area contributed by atoms with Crippen molar-refractivity contribution in [2.75, 3.05) is 10.7 Å². The molecular weight excluding hydrogens is 434 g/mol. The topological polar surface area (TPSA) is 46.1 Å². The third-order valence-electron chi connectivity index (χ3n) is 4.59. The molecule has 0 saturated carbocycles. The van der Waals surface area contributed by atoms with Crippen molar-refractivity contribution in [1.82, 2.24) is 9.97 Å². The highest BCUT2D eigenvalue weighted by atomic mass is 35.5.